The molecule has 1 aromatic carbocycles. The third-order valence-corrected chi connectivity index (χ3v) is 2.92. The maximum atomic E-state index is 11.5. The molecule has 0 N–H and O–H groups in total. The fraction of sp³-hybridized carbons (Fsp3) is 0.312. The van der Waals surface area contributed by atoms with Crippen LogP contribution in [0.15, 0.2) is 53.8 Å². The first-order chi connectivity index (χ1) is 10.3. The first-order valence-corrected chi connectivity index (χ1v) is 7.11. The maximum Gasteiger partial charge on any atom is 0.434 e. The normalized spacial score (nSPS) is 11.4. The molecule has 1 amide bonds. The largest absolute Gasteiger partial charge is 0.448 e. The molecule has 21 heavy (non-hydrogen) atoms. The summed E-state index contributed by atoms with van der Waals surface area (Å²) in [4.78, 5) is 15.4. The molecule has 0 saturated heterocycles. The average Bonchev–Trinajstić information content (AvgIpc) is 2.53. The summed E-state index contributed by atoms with van der Waals surface area (Å²) in [6, 6.07) is 11.5. The second-order valence-corrected chi connectivity index (χ2v) is 4.60. The smallest absolute Gasteiger partial charge is 0.434 e. The molecular weight excluding hydrogens is 266 g/mol. The molecule has 5 nitrogen and oxygen atoms in total. The zero-order chi connectivity index (χ0) is 14.9. The lowest BCUT2D eigenvalue weighted by molar-refractivity contribution is 0.154. The van der Waals surface area contributed by atoms with Crippen LogP contribution in [0.25, 0.3) is 5.69 Å². The number of para-hydroxylation sites is 1. The van der Waals surface area contributed by atoms with Crippen LogP contribution in [-0.2, 0) is 4.74 Å². The lowest BCUT2D eigenvalue weighted by Gasteiger charge is -2.03. The highest BCUT2D eigenvalue weighted by atomic mass is 16.5. The van der Waals surface area contributed by atoms with Crippen LogP contribution in [0.3, 0.4) is 0 Å². The van der Waals surface area contributed by atoms with Gasteiger partial charge in [0.05, 0.1) is 23.8 Å². The lowest BCUT2D eigenvalue weighted by Crippen LogP contribution is -2.12. The van der Waals surface area contributed by atoms with Crippen LogP contribution in [0.2, 0.25) is 0 Å². The van der Waals surface area contributed by atoms with E-state index in [-0.39, 0.29) is 0 Å². The minimum Gasteiger partial charge on any atom is -0.448 e. The van der Waals surface area contributed by atoms with Crippen molar-refractivity contribution in [1.82, 2.24) is 9.78 Å². The summed E-state index contributed by atoms with van der Waals surface area (Å²) < 4.78 is 6.74. The Hall–Kier alpha value is -2.43. The van der Waals surface area contributed by atoms with Crippen LogP contribution >= 0.6 is 0 Å². The molecule has 2 rings (SSSR count). The van der Waals surface area contributed by atoms with Crippen molar-refractivity contribution in [2.75, 3.05) is 6.61 Å². The zero-order valence-corrected chi connectivity index (χ0v) is 12.1. The van der Waals surface area contributed by atoms with Crippen molar-refractivity contribution in [1.29, 1.82) is 0 Å². The van der Waals surface area contributed by atoms with Crippen LogP contribution < -0.4 is 5.36 Å². The molecule has 0 bridgehead atoms. The third kappa shape index (κ3) is 4.87. The van der Waals surface area contributed by atoms with Gasteiger partial charge < -0.3 is 4.74 Å². The maximum absolute atomic E-state index is 11.5. The number of ether oxygens (including phenoxy) is 1. The topological polar surface area (TPSA) is 56.5 Å². The predicted octanol–water partition coefficient (Wildman–Crippen LogP) is 3.10. The third-order valence-electron chi connectivity index (χ3n) is 2.92. The van der Waals surface area contributed by atoms with Crippen LogP contribution in [0.4, 0.5) is 4.79 Å². The van der Waals surface area contributed by atoms with Crippen molar-refractivity contribution in [3.63, 3.8) is 0 Å². The van der Waals surface area contributed by atoms with E-state index in [1.807, 2.05) is 30.3 Å². The molecule has 0 radical (unpaired) electrons. The van der Waals surface area contributed by atoms with Crippen molar-refractivity contribution in [2.45, 2.75) is 26.2 Å². The van der Waals surface area contributed by atoms with E-state index >= 15 is 0 Å². The van der Waals surface area contributed by atoms with Crippen molar-refractivity contribution < 1.29 is 9.53 Å². The van der Waals surface area contributed by atoms with Gasteiger partial charge in [0.25, 0.3) is 0 Å². The Morgan fingerprint density at radius 2 is 2.05 bits per heavy atom. The van der Waals surface area contributed by atoms with E-state index in [1.165, 1.54) is 0 Å². The fourth-order valence-corrected chi connectivity index (χ4v) is 1.80. The first kappa shape index (κ1) is 15.0. The molecule has 1 aromatic heterocycles. The molecule has 0 atom stereocenters. The summed E-state index contributed by atoms with van der Waals surface area (Å²) in [6.45, 7) is 2.52. The highest BCUT2D eigenvalue weighted by molar-refractivity contribution is 5.68. The van der Waals surface area contributed by atoms with Gasteiger partial charge in [0.2, 0.25) is 0 Å². The van der Waals surface area contributed by atoms with E-state index in [0.29, 0.717) is 12.0 Å². The van der Waals surface area contributed by atoms with Gasteiger partial charge in [-0.25, -0.2) is 9.48 Å². The number of nitrogens with zero attached hydrogens (tertiary/aromatic N) is 3. The Morgan fingerprint density at radius 1 is 1.24 bits per heavy atom. The number of hydrogen-bond acceptors (Lipinski definition) is 3. The number of amides is 1. The number of hydrogen-bond donors (Lipinski definition) is 0. The number of carbonyl (C=O) groups excluding carboxylic acids is 1. The Kier molecular flexibility index (Phi) is 5.70. The monoisotopic (exact) mass is 285 g/mol. The summed E-state index contributed by atoms with van der Waals surface area (Å²) in [7, 11) is 0. The van der Waals surface area contributed by atoms with Crippen molar-refractivity contribution >= 4 is 6.09 Å². The second-order valence-electron chi connectivity index (χ2n) is 4.60. The van der Waals surface area contributed by atoms with Gasteiger partial charge in [-0.05, 0) is 24.6 Å². The van der Waals surface area contributed by atoms with E-state index in [0.717, 1.165) is 24.9 Å². The second kappa shape index (κ2) is 7.99. The molecule has 0 aliphatic carbocycles. The summed E-state index contributed by atoms with van der Waals surface area (Å²) in [5.41, 5.74) is 0.950. The van der Waals surface area contributed by atoms with Gasteiger partial charge in [-0.3, -0.25) is 0 Å². The van der Waals surface area contributed by atoms with Crippen molar-refractivity contribution in [2.24, 2.45) is 4.99 Å². The van der Waals surface area contributed by atoms with Crippen LogP contribution in [0.1, 0.15) is 26.2 Å². The summed E-state index contributed by atoms with van der Waals surface area (Å²) in [6.07, 6.45) is 5.76. The average molecular weight is 285 g/mol. The summed E-state index contributed by atoms with van der Waals surface area (Å²) in [5, 5.41) is 4.72. The van der Waals surface area contributed by atoms with E-state index in [1.54, 1.807) is 23.1 Å². The minimum absolute atomic E-state index is 0.417. The van der Waals surface area contributed by atoms with Gasteiger partial charge in [-0.2, -0.15) is 10.1 Å². The zero-order valence-electron chi connectivity index (χ0n) is 12.1. The number of unbranched alkanes of at least 4 members (excludes halogenated alkanes) is 2. The van der Waals surface area contributed by atoms with Gasteiger partial charge >= 0.3 is 6.09 Å². The lowest BCUT2D eigenvalue weighted by atomic mass is 10.3. The van der Waals surface area contributed by atoms with E-state index < -0.39 is 6.09 Å². The molecule has 0 spiro atoms. The molecule has 0 saturated carbocycles. The number of carbonyl (C=O) groups is 1. The predicted molar refractivity (Wildman–Crippen MR) is 80.0 cm³/mol. The Labute approximate surface area is 123 Å². The number of rotatable bonds is 5. The Morgan fingerprint density at radius 3 is 2.71 bits per heavy atom. The molecule has 5 heteroatoms. The molecule has 2 aromatic rings. The van der Waals surface area contributed by atoms with Crippen LogP contribution in [-0.4, -0.2) is 22.5 Å². The number of benzene rings is 1. The molecule has 0 unspecified atom stereocenters. The molecule has 0 fully saturated rings. The summed E-state index contributed by atoms with van der Waals surface area (Å²) >= 11 is 0. The Balaban J connectivity index is 1.98. The van der Waals surface area contributed by atoms with Gasteiger partial charge in [0, 0.05) is 6.20 Å². The van der Waals surface area contributed by atoms with E-state index in [4.69, 9.17) is 4.74 Å². The van der Waals surface area contributed by atoms with E-state index in [2.05, 4.69) is 17.0 Å². The van der Waals surface area contributed by atoms with Crippen LogP contribution in [0, 0.1) is 0 Å². The fourth-order valence-electron chi connectivity index (χ4n) is 1.80. The first-order valence-electron chi connectivity index (χ1n) is 7.11. The molecule has 0 aliphatic rings. The quantitative estimate of drug-likeness (QED) is 0.793. The van der Waals surface area contributed by atoms with Gasteiger partial charge in [-0.15, -0.1) is 0 Å². The standard InChI is InChI=1S/C16H19N3O2/c1-2-3-7-12-21-16(20)18-14-10-11-19(17-13-14)15-8-5-4-6-9-15/h4-6,8-11,13H,2-3,7,12H2,1H3. The molecule has 0 aliphatic heterocycles. The van der Waals surface area contributed by atoms with Gasteiger partial charge in [0.15, 0.2) is 0 Å². The molecule has 110 valence electrons. The molecular formula is C16H19N3O2. The highest BCUT2D eigenvalue weighted by Gasteiger charge is 1.99. The van der Waals surface area contributed by atoms with Crippen molar-refractivity contribution in [3.8, 4) is 5.69 Å². The van der Waals surface area contributed by atoms with Crippen molar-refractivity contribution in [3.05, 3.63) is 54.1 Å². The summed E-state index contributed by atoms with van der Waals surface area (Å²) in [5.74, 6) is 0. The minimum atomic E-state index is -0.564. The van der Waals surface area contributed by atoms with Gasteiger partial charge in [-0.1, -0.05) is 38.0 Å². The van der Waals surface area contributed by atoms with Crippen LogP contribution in [0.5, 0.6) is 0 Å². The van der Waals surface area contributed by atoms with E-state index in [9.17, 15) is 4.79 Å². The SMILES string of the molecule is CCCCCOC(=O)N=c1ccn(-c2ccccc2)nc1. The number of aromatic nitrogens is 2. The van der Waals surface area contributed by atoms with Gasteiger partial charge in [0.1, 0.15) is 0 Å². The Bertz CT molecular complexity index is 615. The highest BCUT2D eigenvalue weighted by Crippen LogP contribution is 2.02. The molecule has 1 heterocycles.